The number of hydrogen-bond acceptors (Lipinski definition) is 2. The Balaban J connectivity index is 0.000000500. The Morgan fingerprint density at radius 2 is 2.14 bits per heavy atom. The van der Waals surface area contributed by atoms with E-state index in [0.29, 0.717) is 5.69 Å². The third kappa shape index (κ3) is 3.90. The molecule has 0 unspecified atom stereocenters. The fraction of sp³-hybridized carbons (Fsp3) is 0.250. The lowest BCUT2D eigenvalue weighted by molar-refractivity contribution is 0.510. The first-order chi connectivity index (χ1) is 6.67. The van der Waals surface area contributed by atoms with Gasteiger partial charge in [0.15, 0.2) is 0 Å². The van der Waals surface area contributed by atoms with Crippen LogP contribution in [0.1, 0.15) is 31.5 Å². The molecule has 1 aromatic heterocycles. The Bertz CT molecular complexity index is 305. The monoisotopic (exact) mass is 191 g/mol. The number of rotatable bonds is 2. The summed E-state index contributed by atoms with van der Waals surface area (Å²) in [5.74, 6) is -0.0273. The number of hydrogen-bond donors (Lipinski definition) is 1. The summed E-state index contributed by atoms with van der Waals surface area (Å²) in [6.45, 7) is 11.2. The van der Waals surface area contributed by atoms with Crippen molar-refractivity contribution in [2.24, 2.45) is 0 Å². The van der Waals surface area contributed by atoms with E-state index in [1.807, 2.05) is 6.07 Å². The molecule has 0 aromatic carbocycles. The molecule has 0 aliphatic rings. The first-order valence-corrected chi connectivity index (χ1v) is 4.63. The van der Waals surface area contributed by atoms with Crippen molar-refractivity contribution >= 4 is 11.8 Å². The van der Waals surface area contributed by atoms with Gasteiger partial charge in [-0.15, -0.1) is 0 Å². The fourth-order valence-electron chi connectivity index (χ4n) is 0.824. The lowest BCUT2D eigenvalue weighted by Crippen LogP contribution is -1.89. The number of aliphatic hydroxyl groups excluding tert-OH is 1. The van der Waals surface area contributed by atoms with Crippen LogP contribution in [-0.2, 0) is 0 Å². The maximum Gasteiger partial charge on any atom is 0.134 e. The van der Waals surface area contributed by atoms with Crippen LogP contribution in [0, 0.1) is 0 Å². The van der Waals surface area contributed by atoms with E-state index < -0.39 is 0 Å². The first-order valence-electron chi connectivity index (χ1n) is 4.63. The van der Waals surface area contributed by atoms with Gasteiger partial charge in [-0.25, -0.2) is 0 Å². The molecule has 0 bridgehead atoms. The van der Waals surface area contributed by atoms with Crippen molar-refractivity contribution in [2.75, 3.05) is 0 Å². The quantitative estimate of drug-likeness (QED) is 0.723. The first kappa shape index (κ1) is 12.4. The molecule has 1 heterocycles. The van der Waals surface area contributed by atoms with E-state index in [-0.39, 0.29) is 5.76 Å². The molecule has 0 saturated carbocycles. The highest BCUT2D eigenvalue weighted by atomic mass is 16.3. The minimum atomic E-state index is -0.0273. The number of aliphatic hydroxyl groups is 1. The van der Waals surface area contributed by atoms with E-state index in [4.69, 9.17) is 5.11 Å². The van der Waals surface area contributed by atoms with Crippen molar-refractivity contribution < 1.29 is 5.11 Å². The third-order valence-corrected chi connectivity index (χ3v) is 1.33. The molecule has 1 aromatic rings. The summed E-state index contributed by atoms with van der Waals surface area (Å²) in [7, 11) is 0. The third-order valence-electron chi connectivity index (χ3n) is 1.33. The maximum atomic E-state index is 9.03. The molecule has 0 fully saturated rings. The fourth-order valence-corrected chi connectivity index (χ4v) is 0.824. The molecule has 2 heteroatoms. The Labute approximate surface area is 85.6 Å². The minimum absolute atomic E-state index is 0.0273. The Morgan fingerprint density at radius 3 is 2.50 bits per heavy atom. The molecule has 2 nitrogen and oxygen atoms in total. The molecule has 0 amide bonds. The van der Waals surface area contributed by atoms with Crippen molar-refractivity contribution in [3.8, 4) is 0 Å². The van der Waals surface area contributed by atoms with Crippen molar-refractivity contribution in [2.45, 2.75) is 20.3 Å². The highest BCUT2D eigenvalue weighted by Gasteiger charge is 2.00. The average molecular weight is 191 g/mol. The molecule has 0 atom stereocenters. The van der Waals surface area contributed by atoms with Gasteiger partial charge in [0.25, 0.3) is 0 Å². The van der Waals surface area contributed by atoms with Gasteiger partial charge in [-0.05, 0) is 6.07 Å². The number of aromatic nitrogens is 1. The van der Waals surface area contributed by atoms with Gasteiger partial charge in [0.05, 0.1) is 0 Å². The van der Waals surface area contributed by atoms with Crippen molar-refractivity contribution in [3.05, 3.63) is 42.7 Å². The number of nitrogens with zero attached hydrogens (tertiary/aromatic N) is 1. The molecule has 0 aliphatic heterocycles. The van der Waals surface area contributed by atoms with Crippen LogP contribution >= 0.6 is 0 Å². The summed E-state index contributed by atoms with van der Waals surface area (Å²) in [5, 5.41) is 9.03. The molecule has 1 rings (SSSR count). The standard InChI is InChI=1S/C9H9NO.C3H8/c1-3-8-5-4-6-10-9(8)7(2)11;1-3-2/h3-6,11H,1-2H2;3H2,1-2H3. The van der Waals surface area contributed by atoms with Gasteiger partial charge in [-0.1, -0.05) is 45.6 Å². The second-order valence-corrected chi connectivity index (χ2v) is 2.80. The highest BCUT2D eigenvalue weighted by molar-refractivity contribution is 5.64. The minimum Gasteiger partial charge on any atom is -0.506 e. The summed E-state index contributed by atoms with van der Waals surface area (Å²) in [5.41, 5.74) is 1.28. The van der Waals surface area contributed by atoms with Crippen LogP contribution in [0.4, 0.5) is 0 Å². The van der Waals surface area contributed by atoms with Crippen LogP contribution in [0.2, 0.25) is 0 Å². The normalized spacial score (nSPS) is 8.43. The van der Waals surface area contributed by atoms with Gasteiger partial charge in [0.2, 0.25) is 0 Å². The molecule has 0 radical (unpaired) electrons. The predicted molar refractivity (Wildman–Crippen MR) is 62.0 cm³/mol. The molecule has 0 aliphatic carbocycles. The van der Waals surface area contributed by atoms with Crippen LogP contribution in [0.3, 0.4) is 0 Å². The Morgan fingerprint density at radius 1 is 1.57 bits per heavy atom. The van der Waals surface area contributed by atoms with Crippen LogP contribution in [0.25, 0.3) is 11.8 Å². The van der Waals surface area contributed by atoms with Crippen LogP contribution in [0.5, 0.6) is 0 Å². The predicted octanol–water partition coefficient (Wildman–Crippen LogP) is 3.67. The van der Waals surface area contributed by atoms with E-state index >= 15 is 0 Å². The zero-order valence-corrected chi connectivity index (χ0v) is 8.83. The second kappa shape index (κ2) is 6.89. The van der Waals surface area contributed by atoms with Gasteiger partial charge in [-0.2, -0.15) is 0 Å². The summed E-state index contributed by atoms with van der Waals surface area (Å²) < 4.78 is 0. The smallest absolute Gasteiger partial charge is 0.134 e. The van der Waals surface area contributed by atoms with Crippen molar-refractivity contribution in [1.82, 2.24) is 4.98 Å². The molecule has 0 spiro atoms. The van der Waals surface area contributed by atoms with E-state index in [1.54, 1.807) is 18.3 Å². The maximum absolute atomic E-state index is 9.03. The average Bonchev–Trinajstić information content (AvgIpc) is 2.19. The lowest BCUT2D eigenvalue weighted by Gasteiger charge is -2.00. The number of pyridine rings is 1. The zero-order valence-electron chi connectivity index (χ0n) is 8.83. The molecule has 14 heavy (non-hydrogen) atoms. The molecular weight excluding hydrogens is 174 g/mol. The highest BCUT2D eigenvalue weighted by Crippen LogP contribution is 2.12. The van der Waals surface area contributed by atoms with E-state index in [2.05, 4.69) is 32.0 Å². The Kier molecular flexibility index (Phi) is 6.12. The molecular formula is C12H17NO. The van der Waals surface area contributed by atoms with Gasteiger partial charge in [0.1, 0.15) is 11.5 Å². The summed E-state index contributed by atoms with van der Waals surface area (Å²) in [4.78, 5) is 3.93. The van der Waals surface area contributed by atoms with Gasteiger partial charge < -0.3 is 5.11 Å². The van der Waals surface area contributed by atoms with Gasteiger partial charge in [-0.3, -0.25) is 4.98 Å². The van der Waals surface area contributed by atoms with Crippen LogP contribution < -0.4 is 0 Å². The van der Waals surface area contributed by atoms with E-state index in [9.17, 15) is 0 Å². The van der Waals surface area contributed by atoms with Crippen molar-refractivity contribution in [3.63, 3.8) is 0 Å². The van der Waals surface area contributed by atoms with E-state index in [1.165, 1.54) is 6.42 Å². The molecule has 1 N–H and O–H groups in total. The van der Waals surface area contributed by atoms with Crippen molar-refractivity contribution in [1.29, 1.82) is 0 Å². The van der Waals surface area contributed by atoms with Gasteiger partial charge >= 0.3 is 0 Å². The molecule has 76 valence electrons. The largest absolute Gasteiger partial charge is 0.506 e. The van der Waals surface area contributed by atoms with Crippen LogP contribution in [0.15, 0.2) is 31.5 Å². The zero-order chi connectivity index (χ0) is 11.0. The Hall–Kier alpha value is -1.57. The molecule has 0 saturated heterocycles. The topological polar surface area (TPSA) is 33.1 Å². The van der Waals surface area contributed by atoms with Gasteiger partial charge in [0, 0.05) is 11.8 Å². The summed E-state index contributed by atoms with van der Waals surface area (Å²) >= 11 is 0. The lowest BCUT2D eigenvalue weighted by atomic mass is 10.2. The summed E-state index contributed by atoms with van der Waals surface area (Å²) in [6, 6.07) is 3.60. The van der Waals surface area contributed by atoms with E-state index in [0.717, 1.165) is 5.56 Å². The second-order valence-electron chi connectivity index (χ2n) is 2.80. The SMILES string of the molecule is C=Cc1cccnc1C(=C)O.CCC. The van der Waals surface area contributed by atoms with Crippen LogP contribution in [-0.4, -0.2) is 10.1 Å². The summed E-state index contributed by atoms with van der Waals surface area (Å²) in [6.07, 6.45) is 4.48.